The number of aromatic nitrogens is 1. The van der Waals surface area contributed by atoms with E-state index in [-0.39, 0.29) is 0 Å². The highest BCUT2D eigenvalue weighted by Gasteiger charge is 2.02. The predicted octanol–water partition coefficient (Wildman–Crippen LogP) is 4.00. The van der Waals surface area contributed by atoms with E-state index >= 15 is 0 Å². The van der Waals surface area contributed by atoms with Gasteiger partial charge in [0.25, 0.3) is 0 Å². The van der Waals surface area contributed by atoms with Crippen molar-refractivity contribution in [3.05, 3.63) is 63.4 Å². The second-order valence-electron chi connectivity index (χ2n) is 4.65. The lowest BCUT2D eigenvalue weighted by molar-refractivity contribution is 0.673. The summed E-state index contributed by atoms with van der Waals surface area (Å²) >= 11 is 3.52. The molecule has 0 bridgehead atoms. The molecule has 0 amide bonds. The maximum absolute atomic E-state index is 4.44. The second kappa shape index (κ2) is 6.83. The minimum Gasteiger partial charge on any atom is -0.307 e. The zero-order valence-corrected chi connectivity index (χ0v) is 13.0. The SMILES string of the molecule is CCc1cccnc1CNCc1ccc(Br)c(C)c1. The first-order valence-electron chi connectivity index (χ1n) is 6.59. The number of rotatable bonds is 5. The van der Waals surface area contributed by atoms with E-state index in [9.17, 15) is 0 Å². The highest BCUT2D eigenvalue weighted by Crippen LogP contribution is 2.17. The molecule has 19 heavy (non-hydrogen) atoms. The van der Waals surface area contributed by atoms with Crippen LogP contribution in [0.2, 0.25) is 0 Å². The van der Waals surface area contributed by atoms with Crippen LogP contribution in [0.25, 0.3) is 0 Å². The molecule has 0 spiro atoms. The van der Waals surface area contributed by atoms with Crippen molar-refractivity contribution in [3.63, 3.8) is 0 Å². The molecule has 100 valence electrons. The molecule has 1 aromatic carbocycles. The molecule has 0 radical (unpaired) electrons. The number of pyridine rings is 1. The lowest BCUT2D eigenvalue weighted by Gasteiger charge is -2.09. The van der Waals surface area contributed by atoms with E-state index in [4.69, 9.17) is 0 Å². The molecule has 0 fully saturated rings. The summed E-state index contributed by atoms with van der Waals surface area (Å²) in [5.74, 6) is 0. The standard InChI is InChI=1S/C16H19BrN2/c1-3-14-5-4-8-19-16(14)11-18-10-13-6-7-15(17)12(2)9-13/h4-9,18H,3,10-11H2,1-2H3. The van der Waals surface area contributed by atoms with Crippen molar-refractivity contribution >= 4 is 15.9 Å². The summed E-state index contributed by atoms with van der Waals surface area (Å²) in [4.78, 5) is 4.44. The third-order valence-electron chi connectivity index (χ3n) is 3.21. The van der Waals surface area contributed by atoms with Gasteiger partial charge in [0.05, 0.1) is 5.69 Å². The molecule has 0 saturated heterocycles. The van der Waals surface area contributed by atoms with Gasteiger partial charge in [-0.3, -0.25) is 4.98 Å². The van der Waals surface area contributed by atoms with Crippen molar-refractivity contribution in [2.24, 2.45) is 0 Å². The van der Waals surface area contributed by atoms with Crippen LogP contribution < -0.4 is 5.32 Å². The molecule has 2 nitrogen and oxygen atoms in total. The first kappa shape index (κ1) is 14.2. The summed E-state index contributed by atoms with van der Waals surface area (Å²) in [6.07, 6.45) is 2.89. The Balaban J connectivity index is 1.94. The van der Waals surface area contributed by atoms with Gasteiger partial charge in [0, 0.05) is 23.8 Å². The number of benzene rings is 1. The first-order valence-corrected chi connectivity index (χ1v) is 7.38. The van der Waals surface area contributed by atoms with Crippen LogP contribution >= 0.6 is 15.9 Å². The maximum atomic E-state index is 4.44. The number of hydrogen-bond acceptors (Lipinski definition) is 2. The summed E-state index contributed by atoms with van der Waals surface area (Å²) in [6.45, 7) is 5.97. The summed E-state index contributed by atoms with van der Waals surface area (Å²) in [5, 5.41) is 3.46. The van der Waals surface area contributed by atoms with Crippen LogP contribution in [-0.2, 0) is 19.5 Å². The fraction of sp³-hybridized carbons (Fsp3) is 0.312. The van der Waals surface area contributed by atoms with E-state index in [2.05, 4.69) is 64.3 Å². The van der Waals surface area contributed by atoms with Crippen molar-refractivity contribution in [1.29, 1.82) is 0 Å². The van der Waals surface area contributed by atoms with Gasteiger partial charge in [-0.05, 0) is 42.2 Å². The van der Waals surface area contributed by atoms with Crippen LogP contribution in [0.5, 0.6) is 0 Å². The summed E-state index contributed by atoms with van der Waals surface area (Å²) in [5.41, 5.74) is 5.04. The largest absolute Gasteiger partial charge is 0.307 e. The van der Waals surface area contributed by atoms with Crippen molar-refractivity contribution in [3.8, 4) is 0 Å². The Morgan fingerprint density at radius 3 is 2.79 bits per heavy atom. The van der Waals surface area contributed by atoms with Gasteiger partial charge in [-0.15, -0.1) is 0 Å². The van der Waals surface area contributed by atoms with Gasteiger partial charge >= 0.3 is 0 Å². The minimum atomic E-state index is 0.819. The molecule has 1 heterocycles. The van der Waals surface area contributed by atoms with Crippen LogP contribution in [0.4, 0.5) is 0 Å². The smallest absolute Gasteiger partial charge is 0.0573 e. The quantitative estimate of drug-likeness (QED) is 0.901. The van der Waals surface area contributed by atoms with Crippen LogP contribution in [0, 0.1) is 6.92 Å². The Kier molecular flexibility index (Phi) is 5.11. The van der Waals surface area contributed by atoms with Crippen molar-refractivity contribution < 1.29 is 0 Å². The number of hydrogen-bond donors (Lipinski definition) is 1. The topological polar surface area (TPSA) is 24.9 Å². The predicted molar refractivity (Wildman–Crippen MR) is 83.0 cm³/mol. The zero-order valence-electron chi connectivity index (χ0n) is 11.4. The van der Waals surface area contributed by atoms with Crippen molar-refractivity contribution in [2.45, 2.75) is 33.4 Å². The summed E-state index contributed by atoms with van der Waals surface area (Å²) in [7, 11) is 0. The van der Waals surface area contributed by atoms with E-state index in [0.29, 0.717) is 0 Å². The van der Waals surface area contributed by atoms with E-state index in [1.165, 1.54) is 16.7 Å². The molecular formula is C16H19BrN2. The van der Waals surface area contributed by atoms with E-state index < -0.39 is 0 Å². The van der Waals surface area contributed by atoms with E-state index in [1.54, 1.807) is 0 Å². The Bertz CT molecular complexity index is 552. The van der Waals surface area contributed by atoms with Crippen LogP contribution in [-0.4, -0.2) is 4.98 Å². The molecule has 3 heteroatoms. The van der Waals surface area contributed by atoms with Gasteiger partial charge in [-0.2, -0.15) is 0 Å². The molecule has 0 unspecified atom stereocenters. The van der Waals surface area contributed by atoms with Gasteiger partial charge in [0.15, 0.2) is 0 Å². The van der Waals surface area contributed by atoms with Crippen LogP contribution in [0.1, 0.15) is 29.3 Å². The molecule has 2 rings (SSSR count). The van der Waals surface area contributed by atoms with Crippen molar-refractivity contribution in [2.75, 3.05) is 0 Å². The van der Waals surface area contributed by atoms with Gasteiger partial charge in [0.1, 0.15) is 0 Å². The highest BCUT2D eigenvalue weighted by molar-refractivity contribution is 9.10. The molecule has 0 saturated carbocycles. The highest BCUT2D eigenvalue weighted by atomic mass is 79.9. The van der Waals surface area contributed by atoms with E-state index in [0.717, 1.165) is 29.7 Å². The Morgan fingerprint density at radius 1 is 1.21 bits per heavy atom. The fourth-order valence-corrected chi connectivity index (χ4v) is 2.34. The van der Waals surface area contributed by atoms with Gasteiger partial charge < -0.3 is 5.32 Å². The third-order valence-corrected chi connectivity index (χ3v) is 4.10. The van der Waals surface area contributed by atoms with Crippen molar-refractivity contribution in [1.82, 2.24) is 10.3 Å². The molecule has 0 aliphatic carbocycles. The Morgan fingerprint density at radius 2 is 2.05 bits per heavy atom. The van der Waals surface area contributed by atoms with Crippen LogP contribution in [0.15, 0.2) is 41.0 Å². The average molecular weight is 319 g/mol. The molecule has 0 atom stereocenters. The van der Waals surface area contributed by atoms with Crippen LogP contribution in [0.3, 0.4) is 0 Å². The summed E-state index contributed by atoms with van der Waals surface area (Å²) < 4.78 is 1.16. The number of halogens is 1. The lowest BCUT2D eigenvalue weighted by Crippen LogP contribution is -2.15. The molecule has 2 aromatic rings. The number of nitrogens with one attached hydrogen (secondary N) is 1. The first-order chi connectivity index (χ1) is 9.20. The maximum Gasteiger partial charge on any atom is 0.0573 e. The van der Waals surface area contributed by atoms with Gasteiger partial charge in [0.2, 0.25) is 0 Å². The monoisotopic (exact) mass is 318 g/mol. The fourth-order valence-electron chi connectivity index (χ4n) is 2.09. The minimum absolute atomic E-state index is 0.819. The number of nitrogens with zero attached hydrogens (tertiary/aromatic N) is 1. The molecule has 0 aliphatic rings. The second-order valence-corrected chi connectivity index (χ2v) is 5.50. The van der Waals surface area contributed by atoms with E-state index in [1.807, 2.05) is 12.3 Å². The Labute approximate surface area is 123 Å². The van der Waals surface area contributed by atoms with Gasteiger partial charge in [-0.1, -0.05) is 41.1 Å². The van der Waals surface area contributed by atoms with Gasteiger partial charge in [-0.25, -0.2) is 0 Å². The Hall–Kier alpha value is -1.19. The summed E-state index contributed by atoms with van der Waals surface area (Å²) in [6, 6.07) is 10.6. The normalized spacial score (nSPS) is 10.7. The lowest BCUT2D eigenvalue weighted by atomic mass is 10.1. The number of aryl methyl sites for hydroxylation is 2. The third kappa shape index (κ3) is 3.88. The zero-order chi connectivity index (χ0) is 13.7. The molecule has 0 aliphatic heterocycles. The average Bonchev–Trinajstić information content (AvgIpc) is 2.43. The molecular weight excluding hydrogens is 300 g/mol. The molecule has 1 aromatic heterocycles. The molecule has 1 N–H and O–H groups in total.